The normalized spacial score (nSPS) is 17.2. The summed E-state index contributed by atoms with van der Waals surface area (Å²) in [5.74, 6) is 1.01. The average Bonchev–Trinajstić information content (AvgIpc) is 2.54. The number of piperidine rings is 1. The minimum atomic E-state index is -0.138. The maximum absolute atomic E-state index is 12.3. The Morgan fingerprint density at radius 3 is 2.60 bits per heavy atom. The van der Waals surface area contributed by atoms with E-state index in [-0.39, 0.29) is 30.1 Å². The van der Waals surface area contributed by atoms with Gasteiger partial charge in [0.05, 0.1) is 0 Å². The molecule has 1 unspecified atom stereocenters. The molecule has 0 radical (unpaired) electrons. The lowest BCUT2D eigenvalue weighted by atomic mass is 9.85. The van der Waals surface area contributed by atoms with Crippen LogP contribution in [0, 0.1) is 12.3 Å². The molecule has 1 aromatic heterocycles. The molecule has 1 aromatic rings. The van der Waals surface area contributed by atoms with Crippen LogP contribution in [0.1, 0.15) is 45.7 Å². The molecule has 140 valence electrons. The van der Waals surface area contributed by atoms with E-state index in [1.165, 1.54) is 0 Å². The van der Waals surface area contributed by atoms with Crippen LogP contribution >= 0.6 is 0 Å². The second-order valence-electron chi connectivity index (χ2n) is 7.95. The van der Waals surface area contributed by atoms with Crippen molar-refractivity contribution >= 4 is 11.8 Å². The summed E-state index contributed by atoms with van der Waals surface area (Å²) in [6.07, 6.45) is 2.38. The van der Waals surface area contributed by atoms with Gasteiger partial charge in [-0.05, 0) is 43.7 Å². The van der Waals surface area contributed by atoms with Crippen LogP contribution in [0.25, 0.3) is 0 Å². The molecule has 1 aliphatic heterocycles. The summed E-state index contributed by atoms with van der Waals surface area (Å²) in [4.78, 5) is 19.2. The highest BCUT2D eigenvalue weighted by atomic mass is 16.3. The van der Waals surface area contributed by atoms with E-state index in [2.05, 4.69) is 41.3 Å². The third kappa shape index (κ3) is 5.88. The molecule has 0 aromatic carbocycles. The van der Waals surface area contributed by atoms with Gasteiger partial charge in [-0.25, -0.2) is 9.78 Å². The van der Waals surface area contributed by atoms with Crippen LogP contribution in [0.2, 0.25) is 0 Å². The number of aliphatic hydroxyl groups is 1. The number of aromatic nitrogens is 1. The van der Waals surface area contributed by atoms with Gasteiger partial charge in [-0.2, -0.15) is 0 Å². The number of aliphatic hydroxyl groups excluding tert-OH is 1. The molecule has 0 bridgehead atoms. The zero-order chi connectivity index (χ0) is 18.4. The Morgan fingerprint density at radius 1 is 1.36 bits per heavy atom. The van der Waals surface area contributed by atoms with Crippen molar-refractivity contribution in [3.63, 3.8) is 0 Å². The summed E-state index contributed by atoms with van der Waals surface area (Å²) in [5, 5.41) is 15.3. The maximum atomic E-state index is 12.3. The quantitative estimate of drug-likeness (QED) is 0.764. The number of nitrogens with zero attached hydrogens (tertiary/aromatic N) is 2. The van der Waals surface area contributed by atoms with Crippen molar-refractivity contribution in [3.05, 3.63) is 23.9 Å². The predicted molar refractivity (Wildman–Crippen MR) is 101 cm³/mol. The molecule has 2 rings (SSSR count). The second-order valence-corrected chi connectivity index (χ2v) is 7.95. The Kier molecular flexibility index (Phi) is 6.64. The van der Waals surface area contributed by atoms with E-state index in [4.69, 9.17) is 0 Å². The van der Waals surface area contributed by atoms with Crippen LogP contribution in [-0.4, -0.2) is 47.9 Å². The van der Waals surface area contributed by atoms with Crippen LogP contribution in [0.5, 0.6) is 0 Å². The molecule has 0 saturated carbocycles. The highest BCUT2D eigenvalue weighted by Gasteiger charge is 2.27. The first-order valence-electron chi connectivity index (χ1n) is 9.16. The molecular weight excluding hydrogens is 316 g/mol. The van der Waals surface area contributed by atoms with Gasteiger partial charge in [-0.3, -0.25) is 0 Å². The number of amides is 2. The van der Waals surface area contributed by atoms with Crippen LogP contribution in [0.4, 0.5) is 10.6 Å². The van der Waals surface area contributed by atoms with E-state index in [0.717, 1.165) is 37.4 Å². The number of rotatable bonds is 5. The van der Waals surface area contributed by atoms with Gasteiger partial charge in [-0.15, -0.1) is 0 Å². The smallest absolute Gasteiger partial charge is 0.315 e. The van der Waals surface area contributed by atoms with Gasteiger partial charge in [-0.1, -0.05) is 26.8 Å². The van der Waals surface area contributed by atoms with Crippen molar-refractivity contribution in [1.82, 2.24) is 15.6 Å². The van der Waals surface area contributed by atoms with Gasteiger partial charge in [0.1, 0.15) is 5.82 Å². The van der Waals surface area contributed by atoms with E-state index in [0.29, 0.717) is 6.42 Å². The summed E-state index contributed by atoms with van der Waals surface area (Å²) in [7, 11) is 0. The molecule has 3 N–H and O–H groups in total. The van der Waals surface area contributed by atoms with Crippen molar-refractivity contribution < 1.29 is 9.90 Å². The van der Waals surface area contributed by atoms with Crippen molar-refractivity contribution in [1.29, 1.82) is 0 Å². The Balaban J connectivity index is 1.82. The summed E-state index contributed by atoms with van der Waals surface area (Å²) in [5.41, 5.74) is 0.939. The topological polar surface area (TPSA) is 77.5 Å². The van der Waals surface area contributed by atoms with E-state index in [1.807, 2.05) is 25.1 Å². The molecule has 1 saturated heterocycles. The molecule has 2 amide bonds. The first kappa shape index (κ1) is 19.5. The molecule has 25 heavy (non-hydrogen) atoms. The van der Waals surface area contributed by atoms with Gasteiger partial charge in [0.25, 0.3) is 0 Å². The summed E-state index contributed by atoms with van der Waals surface area (Å²) >= 11 is 0. The Bertz CT molecular complexity index is 563. The number of aryl methyl sites for hydroxylation is 1. The van der Waals surface area contributed by atoms with Gasteiger partial charge in [0, 0.05) is 37.5 Å². The molecule has 1 aliphatic rings. The lowest BCUT2D eigenvalue weighted by Gasteiger charge is -2.35. The molecule has 0 aliphatic carbocycles. The predicted octanol–water partition coefficient (Wildman–Crippen LogP) is 2.46. The molecule has 6 heteroatoms. The van der Waals surface area contributed by atoms with Gasteiger partial charge in [0.2, 0.25) is 0 Å². The number of pyridine rings is 1. The summed E-state index contributed by atoms with van der Waals surface area (Å²) < 4.78 is 0. The monoisotopic (exact) mass is 348 g/mol. The largest absolute Gasteiger partial charge is 0.396 e. The molecule has 0 spiro atoms. The van der Waals surface area contributed by atoms with Gasteiger partial charge in [0.15, 0.2) is 0 Å². The number of hydrogen-bond donors (Lipinski definition) is 3. The minimum Gasteiger partial charge on any atom is -0.396 e. The number of urea groups is 1. The first-order valence-corrected chi connectivity index (χ1v) is 9.16. The van der Waals surface area contributed by atoms with Crippen molar-refractivity contribution in [2.24, 2.45) is 5.41 Å². The zero-order valence-electron chi connectivity index (χ0n) is 15.9. The fraction of sp³-hybridized carbons (Fsp3) is 0.684. The van der Waals surface area contributed by atoms with Gasteiger partial charge >= 0.3 is 6.03 Å². The van der Waals surface area contributed by atoms with E-state index < -0.39 is 0 Å². The van der Waals surface area contributed by atoms with Gasteiger partial charge < -0.3 is 20.6 Å². The third-order valence-corrected chi connectivity index (χ3v) is 4.80. The van der Waals surface area contributed by atoms with Crippen molar-refractivity contribution in [3.8, 4) is 0 Å². The highest BCUT2D eigenvalue weighted by molar-refractivity contribution is 5.74. The first-order chi connectivity index (χ1) is 11.8. The zero-order valence-corrected chi connectivity index (χ0v) is 15.9. The van der Waals surface area contributed by atoms with Crippen LogP contribution in [-0.2, 0) is 0 Å². The van der Waals surface area contributed by atoms with E-state index >= 15 is 0 Å². The Labute approximate surface area is 151 Å². The minimum absolute atomic E-state index is 0.0471. The number of nitrogens with one attached hydrogen (secondary N) is 2. The lowest BCUT2D eigenvalue weighted by Crippen LogP contribution is -2.53. The van der Waals surface area contributed by atoms with E-state index in [1.54, 1.807) is 0 Å². The molecule has 6 nitrogen and oxygen atoms in total. The lowest BCUT2D eigenvalue weighted by molar-refractivity contribution is 0.186. The van der Waals surface area contributed by atoms with Crippen LogP contribution < -0.4 is 15.5 Å². The molecule has 2 heterocycles. The highest BCUT2D eigenvalue weighted by Crippen LogP contribution is 2.22. The standard InChI is InChI=1S/C19H32N4O2/c1-14-6-5-7-17(20-14)23-11-8-15(9-12-23)21-18(25)22-16(10-13-24)19(2,3)4/h5-7,15-16,24H,8-13H2,1-4H3,(H2,21,22,25). The second kappa shape index (κ2) is 8.52. The fourth-order valence-electron chi connectivity index (χ4n) is 3.19. The van der Waals surface area contributed by atoms with Crippen molar-refractivity contribution in [2.45, 2.75) is 59.0 Å². The van der Waals surface area contributed by atoms with Crippen LogP contribution in [0.3, 0.4) is 0 Å². The summed E-state index contributed by atoms with van der Waals surface area (Å²) in [6, 6.07) is 6.06. The SMILES string of the molecule is Cc1cccc(N2CCC(NC(=O)NC(CCO)C(C)(C)C)CC2)n1. The average molecular weight is 348 g/mol. The van der Waals surface area contributed by atoms with E-state index in [9.17, 15) is 9.90 Å². The third-order valence-electron chi connectivity index (χ3n) is 4.80. The number of carbonyl (C=O) groups is 1. The maximum Gasteiger partial charge on any atom is 0.315 e. The molecule has 1 atom stereocenters. The molecular formula is C19H32N4O2. The Morgan fingerprint density at radius 2 is 2.04 bits per heavy atom. The number of carbonyl (C=O) groups excluding carboxylic acids is 1. The number of anilines is 1. The summed E-state index contributed by atoms with van der Waals surface area (Å²) in [6.45, 7) is 10.1. The molecule has 1 fully saturated rings. The number of hydrogen-bond acceptors (Lipinski definition) is 4. The van der Waals surface area contributed by atoms with Crippen LogP contribution in [0.15, 0.2) is 18.2 Å². The Hall–Kier alpha value is -1.82. The van der Waals surface area contributed by atoms with Crippen molar-refractivity contribution in [2.75, 3.05) is 24.6 Å². The fourth-order valence-corrected chi connectivity index (χ4v) is 3.19.